The highest BCUT2D eigenvalue weighted by molar-refractivity contribution is 6.08. The van der Waals surface area contributed by atoms with Gasteiger partial charge in [0.1, 0.15) is 12.3 Å². The first-order chi connectivity index (χ1) is 15.0. The summed E-state index contributed by atoms with van der Waals surface area (Å²) in [6.07, 6.45) is 2.48. The van der Waals surface area contributed by atoms with Gasteiger partial charge in [0.15, 0.2) is 0 Å². The van der Waals surface area contributed by atoms with Crippen molar-refractivity contribution in [1.29, 1.82) is 0 Å². The smallest absolute Gasteiger partial charge is 0.355 e. The summed E-state index contributed by atoms with van der Waals surface area (Å²) in [6, 6.07) is 16.3. The van der Waals surface area contributed by atoms with Crippen LogP contribution in [-0.2, 0) is 20.7 Å². The number of hydrogen-bond acceptors (Lipinski definition) is 4. The molecule has 4 atom stereocenters. The average Bonchev–Trinajstić information content (AvgIpc) is 3.08. The van der Waals surface area contributed by atoms with E-state index < -0.39 is 18.0 Å². The van der Waals surface area contributed by atoms with Gasteiger partial charge in [-0.2, -0.15) is 0 Å². The van der Waals surface area contributed by atoms with Crippen LogP contribution in [-0.4, -0.2) is 40.6 Å². The molecule has 0 radical (unpaired) electrons. The normalized spacial score (nSPS) is 24.6. The summed E-state index contributed by atoms with van der Waals surface area (Å²) in [7, 11) is 0. The maximum atomic E-state index is 13.1. The topological polar surface area (TPSA) is 66.8 Å². The van der Waals surface area contributed by atoms with Crippen LogP contribution in [0, 0.1) is 11.8 Å². The standard InChI is InChI=1S/C26H25NO4/c1-3-13-31-26(30)24-22-19(23-21(15(2)28)25(29)27(23)24)12-11-17-9-10-18(14-20(17)22)16-7-5-4-6-8-16/h3-10,14-15,19,21,23,28H,1,11-13H2,2H3/t15?,19-,21?,23?/m0/s1. The molecule has 1 saturated heterocycles. The predicted molar refractivity (Wildman–Crippen MR) is 118 cm³/mol. The molecule has 1 aliphatic carbocycles. The summed E-state index contributed by atoms with van der Waals surface area (Å²) in [6.45, 7) is 5.35. The van der Waals surface area contributed by atoms with E-state index in [0.29, 0.717) is 5.70 Å². The van der Waals surface area contributed by atoms with Gasteiger partial charge in [0.25, 0.3) is 0 Å². The van der Waals surface area contributed by atoms with Gasteiger partial charge < -0.3 is 14.7 Å². The molecule has 1 fully saturated rings. The van der Waals surface area contributed by atoms with E-state index in [-0.39, 0.29) is 24.5 Å². The highest BCUT2D eigenvalue weighted by Gasteiger charge is 2.61. The molecule has 0 bridgehead atoms. The zero-order valence-corrected chi connectivity index (χ0v) is 17.5. The molecule has 0 spiro atoms. The molecule has 3 unspecified atom stereocenters. The van der Waals surface area contributed by atoms with E-state index in [1.165, 1.54) is 11.6 Å². The number of fused-ring (bicyclic) bond motifs is 5. The van der Waals surface area contributed by atoms with Crippen molar-refractivity contribution in [1.82, 2.24) is 4.90 Å². The van der Waals surface area contributed by atoms with Gasteiger partial charge in [0.2, 0.25) is 5.91 Å². The van der Waals surface area contributed by atoms with Crippen LogP contribution in [0.2, 0.25) is 0 Å². The van der Waals surface area contributed by atoms with E-state index in [1.54, 1.807) is 11.8 Å². The molecule has 5 rings (SSSR count). The summed E-state index contributed by atoms with van der Waals surface area (Å²) in [4.78, 5) is 27.5. The first-order valence-corrected chi connectivity index (χ1v) is 10.7. The van der Waals surface area contributed by atoms with Crippen molar-refractivity contribution in [2.45, 2.75) is 31.9 Å². The van der Waals surface area contributed by atoms with E-state index >= 15 is 0 Å². The molecular formula is C26H25NO4. The fourth-order valence-corrected chi connectivity index (χ4v) is 5.41. The Bertz CT molecular complexity index is 1100. The highest BCUT2D eigenvalue weighted by atomic mass is 16.5. The van der Waals surface area contributed by atoms with Crippen molar-refractivity contribution in [2.75, 3.05) is 6.61 Å². The quantitative estimate of drug-likeness (QED) is 0.461. The minimum Gasteiger partial charge on any atom is -0.457 e. The van der Waals surface area contributed by atoms with Gasteiger partial charge in [-0.1, -0.05) is 55.1 Å². The number of aliphatic hydroxyl groups excluding tert-OH is 1. The van der Waals surface area contributed by atoms with Crippen molar-refractivity contribution in [2.24, 2.45) is 11.8 Å². The molecule has 2 heterocycles. The van der Waals surface area contributed by atoms with Gasteiger partial charge in [-0.3, -0.25) is 4.79 Å². The first-order valence-electron chi connectivity index (χ1n) is 10.7. The third-order valence-corrected chi connectivity index (χ3v) is 6.74. The molecule has 2 aliphatic heterocycles. The lowest BCUT2D eigenvalue weighted by molar-refractivity contribution is -0.164. The lowest BCUT2D eigenvalue weighted by Gasteiger charge is -2.47. The molecule has 0 saturated carbocycles. The second-order valence-electron chi connectivity index (χ2n) is 8.50. The van der Waals surface area contributed by atoms with Gasteiger partial charge in [0, 0.05) is 5.92 Å². The fourth-order valence-electron chi connectivity index (χ4n) is 5.41. The SMILES string of the molecule is C=CCOC(=O)C1=C2c3cc(-c4ccccc4)ccc3CC[C@@H]2C2C(C(C)O)C(=O)N12. The maximum Gasteiger partial charge on any atom is 0.355 e. The lowest BCUT2D eigenvalue weighted by Crippen LogP contribution is -2.64. The molecule has 158 valence electrons. The van der Waals surface area contributed by atoms with Gasteiger partial charge >= 0.3 is 5.97 Å². The zero-order valence-electron chi connectivity index (χ0n) is 17.5. The van der Waals surface area contributed by atoms with E-state index in [9.17, 15) is 14.7 Å². The Kier molecular flexibility index (Phi) is 4.78. The predicted octanol–water partition coefficient (Wildman–Crippen LogP) is 3.58. The molecular weight excluding hydrogens is 390 g/mol. The van der Waals surface area contributed by atoms with E-state index in [1.807, 2.05) is 18.2 Å². The minimum atomic E-state index is -0.754. The monoisotopic (exact) mass is 415 g/mol. The summed E-state index contributed by atoms with van der Waals surface area (Å²) >= 11 is 0. The molecule has 1 N–H and O–H groups in total. The third-order valence-electron chi connectivity index (χ3n) is 6.74. The van der Waals surface area contributed by atoms with E-state index in [0.717, 1.165) is 35.1 Å². The van der Waals surface area contributed by atoms with Gasteiger partial charge in [-0.15, -0.1) is 0 Å². The fraction of sp³-hybridized carbons (Fsp3) is 0.308. The second-order valence-corrected chi connectivity index (χ2v) is 8.50. The van der Waals surface area contributed by atoms with Crippen molar-refractivity contribution in [3.63, 3.8) is 0 Å². The molecule has 2 aromatic rings. The Labute approximate surface area is 181 Å². The Morgan fingerprint density at radius 2 is 2.03 bits per heavy atom. The molecule has 5 heteroatoms. The largest absolute Gasteiger partial charge is 0.457 e. The average molecular weight is 415 g/mol. The number of aliphatic hydroxyl groups is 1. The van der Waals surface area contributed by atoms with Crippen LogP contribution < -0.4 is 0 Å². The van der Waals surface area contributed by atoms with E-state index in [2.05, 4.69) is 36.9 Å². The van der Waals surface area contributed by atoms with Crippen LogP contribution in [0.25, 0.3) is 16.7 Å². The Balaban J connectivity index is 1.66. The number of amides is 1. The van der Waals surface area contributed by atoms with Crippen LogP contribution in [0.3, 0.4) is 0 Å². The number of rotatable bonds is 5. The van der Waals surface area contributed by atoms with Crippen molar-refractivity contribution >= 4 is 17.4 Å². The van der Waals surface area contributed by atoms with Crippen LogP contribution in [0.4, 0.5) is 0 Å². The van der Waals surface area contributed by atoms with Crippen molar-refractivity contribution in [3.05, 3.63) is 78.0 Å². The number of carbonyl (C=O) groups is 2. The van der Waals surface area contributed by atoms with Crippen molar-refractivity contribution < 1.29 is 19.4 Å². The van der Waals surface area contributed by atoms with Crippen molar-refractivity contribution in [3.8, 4) is 11.1 Å². The van der Waals surface area contributed by atoms with Crippen LogP contribution in [0.1, 0.15) is 24.5 Å². The number of β-lactam (4-membered cyclic amide) rings is 1. The van der Waals surface area contributed by atoms with Gasteiger partial charge in [0.05, 0.1) is 18.1 Å². The Morgan fingerprint density at radius 1 is 1.26 bits per heavy atom. The summed E-state index contributed by atoms with van der Waals surface area (Å²) in [5, 5.41) is 10.2. The van der Waals surface area contributed by atoms with E-state index in [4.69, 9.17) is 4.74 Å². The number of esters is 1. The number of carbonyl (C=O) groups excluding carboxylic acids is 2. The number of aryl methyl sites for hydroxylation is 1. The van der Waals surface area contributed by atoms with Crippen LogP contribution in [0.15, 0.2) is 66.9 Å². The minimum absolute atomic E-state index is 0.0158. The van der Waals surface area contributed by atoms with Crippen LogP contribution >= 0.6 is 0 Å². The Morgan fingerprint density at radius 3 is 2.74 bits per heavy atom. The summed E-state index contributed by atoms with van der Waals surface area (Å²) in [5.41, 5.74) is 5.57. The van der Waals surface area contributed by atoms with Crippen LogP contribution in [0.5, 0.6) is 0 Å². The summed E-state index contributed by atoms with van der Waals surface area (Å²) < 4.78 is 5.38. The Hall–Kier alpha value is -3.18. The zero-order chi connectivity index (χ0) is 21.7. The molecule has 1 amide bonds. The number of nitrogens with zero attached hydrogens (tertiary/aromatic N) is 1. The van der Waals surface area contributed by atoms with Gasteiger partial charge in [-0.05, 0) is 53.7 Å². The first kappa shape index (κ1) is 19.8. The number of ether oxygens (including phenoxy) is 1. The van der Waals surface area contributed by atoms with Gasteiger partial charge in [-0.25, -0.2) is 4.79 Å². The highest BCUT2D eigenvalue weighted by Crippen LogP contribution is 2.55. The molecule has 31 heavy (non-hydrogen) atoms. The number of benzene rings is 2. The second kappa shape index (κ2) is 7.50. The molecule has 2 aromatic carbocycles. The molecule has 5 nitrogen and oxygen atoms in total. The third kappa shape index (κ3) is 2.95. The number of hydrogen-bond donors (Lipinski definition) is 1. The maximum absolute atomic E-state index is 13.1. The summed E-state index contributed by atoms with van der Waals surface area (Å²) in [5.74, 6) is -1.17. The molecule has 0 aromatic heterocycles. The lowest BCUT2D eigenvalue weighted by atomic mass is 9.70. The molecule has 3 aliphatic rings.